The van der Waals surface area contributed by atoms with Gasteiger partial charge in [-0.25, -0.2) is 0 Å². The molecular weight excluding hydrogens is 260 g/mol. The van der Waals surface area contributed by atoms with Gasteiger partial charge in [-0.1, -0.05) is 19.4 Å². The molecule has 0 bridgehead atoms. The maximum absolute atomic E-state index is 11.8. The minimum Gasteiger partial charge on any atom is -0.393 e. The third kappa shape index (κ3) is 1.78. The zero-order valence-corrected chi connectivity index (χ0v) is 13.4. The minimum absolute atomic E-state index is 0.0823. The molecule has 0 aliphatic heterocycles. The summed E-state index contributed by atoms with van der Waals surface area (Å²) in [6.07, 6.45) is 10.7. The lowest BCUT2D eigenvalue weighted by atomic mass is 9.47. The van der Waals surface area contributed by atoms with Crippen LogP contribution in [-0.2, 0) is 4.79 Å². The summed E-state index contributed by atoms with van der Waals surface area (Å²) in [6, 6.07) is 0. The van der Waals surface area contributed by atoms with Crippen LogP contribution >= 0.6 is 0 Å². The normalized spacial score (nSPS) is 52.7. The van der Waals surface area contributed by atoms with E-state index in [1.165, 1.54) is 31.3 Å². The van der Waals surface area contributed by atoms with Crippen molar-refractivity contribution >= 4 is 5.78 Å². The van der Waals surface area contributed by atoms with Crippen molar-refractivity contribution in [2.24, 2.45) is 28.6 Å². The maximum atomic E-state index is 11.8. The highest BCUT2D eigenvalue weighted by Crippen LogP contribution is 2.65. The molecule has 0 aromatic heterocycles. The van der Waals surface area contributed by atoms with Gasteiger partial charge in [0.15, 0.2) is 5.78 Å². The van der Waals surface area contributed by atoms with Gasteiger partial charge >= 0.3 is 0 Å². The first kappa shape index (κ1) is 14.0. The molecule has 2 nitrogen and oxygen atoms in total. The fraction of sp³-hybridized carbons (Fsp3) is 0.842. The fourth-order valence-electron chi connectivity index (χ4n) is 6.53. The van der Waals surface area contributed by atoms with E-state index in [9.17, 15) is 9.90 Å². The Morgan fingerprint density at radius 2 is 1.86 bits per heavy atom. The lowest BCUT2D eigenvalue weighted by molar-refractivity contribution is -0.118. The molecule has 6 atom stereocenters. The summed E-state index contributed by atoms with van der Waals surface area (Å²) < 4.78 is 0. The van der Waals surface area contributed by atoms with Crippen LogP contribution in [-0.4, -0.2) is 17.0 Å². The number of fused-ring (bicyclic) bond motifs is 5. The Bertz CT molecular complexity index is 508. The molecule has 116 valence electrons. The maximum Gasteiger partial charge on any atom is 0.155 e. The van der Waals surface area contributed by atoms with Crippen LogP contribution in [0.25, 0.3) is 0 Å². The zero-order chi connectivity index (χ0) is 14.8. The van der Waals surface area contributed by atoms with Gasteiger partial charge in [-0.3, -0.25) is 4.79 Å². The number of aliphatic hydroxyl groups is 1. The Kier molecular flexibility index (Phi) is 2.96. The second-order valence-corrected chi connectivity index (χ2v) is 8.61. The van der Waals surface area contributed by atoms with E-state index in [1.54, 1.807) is 0 Å². The Hall–Kier alpha value is -0.630. The van der Waals surface area contributed by atoms with Crippen LogP contribution in [0, 0.1) is 28.6 Å². The fourth-order valence-corrected chi connectivity index (χ4v) is 6.53. The van der Waals surface area contributed by atoms with E-state index >= 15 is 0 Å². The molecule has 2 heteroatoms. The molecular formula is C19H28O2. The molecule has 0 saturated heterocycles. The van der Waals surface area contributed by atoms with Gasteiger partial charge < -0.3 is 5.11 Å². The molecule has 0 unspecified atom stereocenters. The summed E-state index contributed by atoms with van der Waals surface area (Å²) in [7, 11) is 0. The van der Waals surface area contributed by atoms with Crippen LogP contribution in [0.3, 0.4) is 0 Å². The van der Waals surface area contributed by atoms with E-state index < -0.39 is 0 Å². The number of carbonyl (C=O) groups is 1. The van der Waals surface area contributed by atoms with Gasteiger partial charge in [0.2, 0.25) is 0 Å². The molecule has 0 aromatic rings. The third-order valence-electron chi connectivity index (χ3n) is 7.91. The van der Waals surface area contributed by atoms with Gasteiger partial charge in [0.05, 0.1) is 6.10 Å². The molecule has 4 aliphatic carbocycles. The standard InChI is InChI=1S/C19H28O2/c1-18-9-7-13(20)11-12(18)3-4-14-15-5-6-17(21)19(15,2)10-8-16(14)18/h11,14-17,21H,3-10H2,1-2H3/t14-,15-,16+,17+,18-,19+/m1/s1. The number of allylic oxidation sites excluding steroid dienone is 1. The lowest BCUT2D eigenvalue weighted by Crippen LogP contribution is -2.51. The van der Waals surface area contributed by atoms with Crippen LogP contribution < -0.4 is 0 Å². The molecule has 0 heterocycles. The first-order valence-electron chi connectivity index (χ1n) is 8.87. The van der Waals surface area contributed by atoms with Crippen LogP contribution in [0.1, 0.15) is 65.2 Å². The van der Waals surface area contributed by atoms with E-state index in [4.69, 9.17) is 0 Å². The van der Waals surface area contributed by atoms with Gasteiger partial charge in [0, 0.05) is 6.42 Å². The molecule has 0 amide bonds. The first-order valence-corrected chi connectivity index (χ1v) is 8.87. The lowest BCUT2D eigenvalue weighted by Gasteiger charge is -2.57. The molecule has 1 N–H and O–H groups in total. The summed E-state index contributed by atoms with van der Waals surface area (Å²) in [5.74, 6) is 2.57. The molecule has 0 spiro atoms. The highest BCUT2D eigenvalue weighted by molar-refractivity contribution is 5.91. The highest BCUT2D eigenvalue weighted by atomic mass is 16.3. The van der Waals surface area contributed by atoms with Gasteiger partial charge in [-0.05, 0) is 79.6 Å². The summed E-state index contributed by atoms with van der Waals surface area (Å²) >= 11 is 0. The Morgan fingerprint density at radius 1 is 1.05 bits per heavy atom. The predicted octanol–water partition coefficient (Wildman–Crippen LogP) is 3.88. The van der Waals surface area contributed by atoms with Crippen molar-refractivity contribution < 1.29 is 9.90 Å². The third-order valence-corrected chi connectivity index (χ3v) is 7.91. The Labute approximate surface area is 128 Å². The zero-order valence-electron chi connectivity index (χ0n) is 13.4. The van der Waals surface area contributed by atoms with Crippen molar-refractivity contribution in [2.45, 2.75) is 71.3 Å². The monoisotopic (exact) mass is 288 g/mol. The molecule has 21 heavy (non-hydrogen) atoms. The predicted molar refractivity (Wildman–Crippen MR) is 82.7 cm³/mol. The molecule has 4 rings (SSSR count). The highest BCUT2D eigenvalue weighted by Gasteiger charge is 2.58. The van der Waals surface area contributed by atoms with Gasteiger partial charge in [-0.2, -0.15) is 0 Å². The van der Waals surface area contributed by atoms with Gasteiger partial charge in [0.1, 0.15) is 0 Å². The smallest absolute Gasteiger partial charge is 0.155 e. The summed E-state index contributed by atoms with van der Waals surface area (Å²) in [6.45, 7) is 4.76. The quantitative estimate of drug-likeness (QED) is 0.734. The average Bonchev–Trinajstić information content (AvgIpc) is 2.76. The van der Waals surface area contributed by atoms with Crippen molar-refractivity contribution in [3.8, 4) is 0 Å². The SMILES string of the molecule is C[C@]12CC[C@H]3[C@H](CCC4=CC(=O)CC[C@]43C)[C@H]1CC[C@@H]2O. The van der Waals surface area contributed by atoms with Crippen LogP contribution in [0.5, 0.6) is 0 Å². The number of hydrogen-bond acceptors (Lipinski definition) is 2. The summed E-state index contributed by atoms with van der Waals surface area (Å²) in [5, 5.41) is 10.4. The number of aliphatic hydroxyl groups excluding tert-OH is 1. The summed E-state index contributed by atoms with van der Waals surface area (Å²) in [4.78, 5) is 11.8. The molecule has 0 radical (unpaired) electrons. The Balaban J connectivity index is 1.69. The van der Waals surface area contributed by atoms with Crippen LogP contribution in [0.4, 0.5) is 0 Å². The van der Waals surface area contributed by atoms with Crippen molar-refractivity contribution in [3.05, 3.63) is 11.6 Å². The number of hydrogen-bond donors (Lipinski definition) is 1. The topological polar surface area (TPSA) is 37.3 Å². The second-order valence-electron chi connectivity index (χ2n) is 8.61. The van der Waals surface area contributed by atoms with Crippen molar-refractivity contribution in [1.29, 1.82) is 0 Å². The largest absolute Gasteiger partial charge is 0.393 e. The van der Waals surface area contributed by atoms with Crippen molar-refractivity contribution in [3.63, 3.8) is 0 Å². The van der Waals surface area contributed by atoms with E-state index in [1.807, 2.05) is 6.08 Å². The number of rotatable bonds is 0. The van der Waals surface area contributed by atoms with E-state index in [0.29, 0.717) is 11.7 Å². The van der Waals surface area contributed by atoms with E-state index in [2.05, 4.69) is 13.8 Å². The van der Waals surface area contributed by atoms with Crippen molar-refractivity contribution in [1.82, 2.24) is 0 Å². The first-order chi connectivity index (χ1) is 9.95. The number of ketones is 1. The second kappa shape index (κ2) is 4.44. The van der Waals surface area contributed by atoms with E-state index in [-0.39, 0.29) is 16.9 Å². The summed E-state index contributed by atoms with van der Waals surface area (Å²) in [5.41, 5.74) is 1.89. The van der Waals surface area contributed by atoms with Gasteiger partial charge in [-0.15, -0.1) is 0 Å². The minimum atomic E-state index is -0.0823. The molecule has 0 aromatic carbocycles. The van der Waals surface area contributed by atoms with Gasteiger partial charge in [0.25, 0.3) is 0 Å². The average molecular weight is 288 g/mol. The molecule has 3 saturated carbocycles. The van der Waals surface area contributed by atoms with Crippen molar-refractivity contribution in [2.75, 3.05) is 0 Å². The molecule has 4 aliphatic rings. The van der Waals surface area contributed by atoms with Crippen LogP contribution in [0.2, 0.25) is 0 Å². The van der Waals surface area contributed by atoms with E-state index in [0.717, 1.165) is 37.5 Å². The van der Waals surface area contributed by atoms with Crippen LogP contribution in [0.15, 0.2) is 11.6 Å². The number of carbonyl (C=O) groups excluding carboxylic acids is 1. The molecule has 3 fully saturated rings. The Morgan fingerprint density at radius 3 is 2.67 bits per heavy atom.